The lowest BCUT2D eigenvalue weighted by Gasteiger charge is -2.34. The molecule has 1 atom stereocenters. The zero-order chi connectivity index (χ0) is 25.8. The predicted molar refractivity (Wildman–Crippen MR) is 120 cm³/mol. The molecule has 13 heteroatoms. The molecule has 1 N–H and O–H groups in total. The second kappa shape index (κ2) is 10.8. The third-order valence-corrected chi connectivity index (χ3v) is 7.65. The summed E-state index contributed by atoms with van der Waals surface area (Å²) in [6.45, 7) is 2.30. The summed E-state index contributed by atoms with van der Waals surface area (Å²) in [5, 5.41) is 5.75. The Bertz CT molecular complexity index is 1160. The van der Waals surface area contributed by atoms with Crippen molar-refractivity contribution in [2.75, 3.05) is 18.5 Å². The van der Waals surface area contributed by atoms with Gasteiger partial charge in [-0.15, -0.1) is 0 Å². The Balaban J connectivity index is 1.71. The fraction of sp³-hybridized carbons (Fsp3) is 0.500. The number of hydrogen-bond acceptors (Lipinski definition) is 6. The van der Waals surface area contributed by atoms with E-state index in [1.54, 1.807) is 6.92 Å². The van der Waals surface area contributed by atoms with Crippen LogP contribution in [0.2, 0.25) is 0 Å². The zero-order valence-corrected chi connectivity index (χ0v) is 20.2. The van der Waals surface area contributed by atoms with Crippen LogP contribution in [0.15, 0.2) is 35.2 Å². The monoisotopic (exact) mass is 516 g/mol. The maximum atomic E-state index is 13.3. The molecular weight excluding hydrogens is 489 g/mol. The topological polar surface area (TPSA) is 111 Å². The van der Waals surface area contributed by atoms with E-state index in [4.69, 9.17) is 4.74 Å². The van der Waals surface area contributed by atoms with E-state index in [9.17, 15) is 31.2 Å². The quantitative estimate of drug-likeness (QED) is 0.537. The summed E-state index contributed by atoms with van der Waals surface area (Å²) >= 11 is 0. The fourth-order valence-electron chi connectivity index (χ4n) is 3.96. The standard InChI is InChI=1S/C22H27F3N4O5S/c1-3-34-20(30)12-9-16-6-4-5-13-29(16)35(32,33)17-10-7-15(8-11-17)26-21(31)18-14-19(22(23,24)25)27-28(18)2/h7-8,10-11,14,16H,3-6,9,12-13H2,1-2H3,(H,26,31). The highest BCUT2D eigenvalue weighted by atomic mass is 32.2. The van der Waals surface area contributed by atoms with Crippen LogP contribution < -0.4 is 5.32 Å². The Morgan fingerprint density at radius 2 is 1.89 bits per heavy atom. The molecule has 2 aromatic rings. The number of benzene rings is 1. The number of alkyl halides is 3. The molecule has 0 bridgehead atoms. The Morgan fingerprint density at radius 1 is 1.20 bits per heavy atom. The van der Waals surface area contributed by atoms with Crippen molar-refractivity contribution in [2.24, 2.45) is 7.05 Å². The Morgan fingerprint density at radius 3 is 2.49 bits per heavy atom. The number of sulfonamides is 1. The lowest BCUT2D eigenvalue weighted by molar-refractivity contribution is -0.143. The summed E-state index contributed by atoms with van der Waals surface area (Å²) in [6.07, 6.45) is -2.01. The number of ether oxygens (including phenoxy) is 1. The van der Waals surface area contributed by atoms with E-state index in [1.807, 2.05) is 0 Å². The highest BCUT2D eigenvalue weighted by Gasteiger charge is 2.36. The van der Waals surface area contributed by atoms with Crippen LogP contribution in [0.1, 0.15) is 55.2 Å². The summed E-state index contributed by atoms with van der Waals surface area (Å²) in [6, 6.07) is 5.69. The Labute approximate surface area is 201 Å². The highest BCUT2D eigenvalue weighted by Crippen LogP contribution is 2.30. The molecule has 1 aromatic heterocycles. The van der Waals surface area contributed by atoms with Crippen molar-refractivity contribution in [2.45, 2.75) is 56.1 Å². The van der Waals surface area contributed by atoms with E-state index in [2.05, 4.69) is 10.4 Å². The van der Waals surface area contributed by atoms with Crippen LogP contribution in [0.3, 0.4) is 0 Å². The molecule has 0 saturated carbocycles. The van der Waals surface area contributed by atoms with Gasteiger partial charge >= 0.3 is 12.1 Å². The van der Waals surface area contributed by atoms with Crippen LogP contribution in [0.5, 0.6) is 0 Å². The van der Waals surface area contributed by atoms with Crippen molar-refractivity contribution in [3.8, 4) is 0 Å². The number of anilines is 1. The number of aromatic nitrogens is 2. The van der Waals surface area contributed by atoms with Crippen LogP contribution in [0, 0.1) is 0 Å². The summed E-state index contributed by atoms with van der Waals surface area (Å²) in [5.74, 6) is -1.19. The number of carbonyl (C=O) groups excluding carboxylic acids is 2. The van der Waals surface area contributed by atoms with Crippen molar-refractivity contribution in [1.82, 2.24) is 14.1 Å². The zero-order valence-electron chi connectivity index (χ0n) is 19.3. The first-order valence-electron chi connectivity index (χ1n) is 11.1. The summed E-state index contributed by atoms with van der Waals surface area (Å²) in [5.41, 5.74) is -1.28. The second-order valence-corrected chi connectivity index (χ2v) is 10.0. The molecule has 1 unspecified atom stereocenters. The van der Waals surface area contributed by atoms with Gasteiger partial charge < -0.3 is 10.1 Å². The lowest BCUT2D eigenvalue weighted by atomic mass is 10.0. The largest absolute Gasteiger partial charge is 0.466 e. The maximum absolute atomic E-state index is 13.3. The van der Waals surface area contributed by atoms with Gasteiger partial charge in [0.15, 0.2) is 5.69 Å². The van der Waals surface area contributed by atoms with Crippen LogP contribution in [-0.4, -0.2) is 53.6 Å². The number of nitrogens with zero attached hydrogens (tertiary/aromatic N) is 3. The third kappa shape index (κ3) is 6.40. The molecule has 1 aliphatic heterocycles. The SMILES string of the molecule is CCOC(=O)CCC1CCCCN1S(=O)(=O)c1ccc(NC(=O)c2cc(C(F)(F)F)nn2C)cc1. The van der Waals surface area contributed by atoms with E-state index >= 15 is 0 Å². The van der Waals surface area contributed by atoms with Crippen molar-refractivity contribution in [3.63, 3.8) is 0 Å². The third-order valence-electron chi connectivity index (χ3n) is 5.68. The molecule has 0 spiro atoms. The Hall–Kier alpha value is -2.93. The molecule has 0 aliphatic carbocycles. The molecule has 1 amide bonds. The molecular formula is C22H27F3N4O5S. The number of amides is 1. The summed E-state index contributed by atoms with van der Waals surface area (Å²) in [4.78, 5) is 24.2. The van der Waals surface area contributed by atoms with Gasteiger partial charge in [0.25, 0.3) is 5.91 Å². The first-order chi connectivity index (χ1) is 16.4. The van der Waals surface area contributed by atoms with Crippen molar-refractivity contribution < 1.29 is 35.9 Å². The van der Waals surface area contributed by atoms with Gasteiger partial charge in [-0.05, 0) is 50.5 Å². The minimum Gasteiger partial charge on any atom is -0.466 e. The molecule has 1 fully saturated rings. The van der Waals surface area contributed by atoms with Crippen LogP contribution in [0.25, 0.3) is 0 Å². The van der Waals surface area contributed by atoms with Gasteiger partial charge in [0, 0.05) is 37.8 Å². The molecule has 1 aromatic carbocycles. The van der Waals surface area contributed by atoms with Gasteiger partial charge in [-0.2, -0.15) is 22.6 Å². The van der Waals surface area contributed by atoms with Gasteiger partial charge in [0.1, 0.15) is 5.69 Å². The van der Waals surface area contributed by atoms with Crippen LogP contribution in [-0.2, 0) is 32.8 Å². The van der Waals surface area contributed by atoms with Crippen molar-refractivity contribution in [1.29, 1.82) is 0 Å². The lowest BCUT2D eigenvalue weighted by Crippen LogP contribution is -2.43. The first kappa shape index (κ1) is 26.7. The number of carbonyl (C=O) groups is 2. The minimum atomic E-state index is -4.69. The van der Waals surface area contributed by atoms with Crippen molar-refractivity contribution in [3.05, 3.63) is 41.7 Å². The molecule has 9 nitrogen and oxygen atoms in total. The smallest absolute Gasteiger partial charge is 0.435 e. The van der Waals surface area contributed by atoms with Crippen LogP contribution in [0.4, 0.5) is 18.9 Å². The summed E-state index contributed by atoms with van der Waals surface area (Å²) < 4.78 is 72.2. The maximum Gasteiger partial charge on any atom is 0.435 e. The van der Waals surface area contributed by atoms with E-state index in [1.165, 1.54) is 35.6 Å². The van der Waals surface area contributed by atoms with E-state index in [-0.39, 0.29) is 41.3 Å². The van der Waals surface area contributed by atoms with Gasteiger partial charge in [0.05, 0.1) is 11.5 Å². The number of rotatable bonds is 8. The second-order valence-electron chi connectivity index (χ2n) is 8.12. The van der Waals surface area contributed by atoms with Crippen molar-refractivity contribution >= 4 is 27.6 Å². The number of halogens is 3. The Kier molecular flexibility index (Phi) is 8.21. The first-order valence-corrected chi connectivity index (χ1v) is 12.6. The normalized spacial score (nSPS) is 17.2. The average Bonchev–Trinajstić information content (AvgIpc) is 3.21. The predicted octanol–water partition coefficient (Wildman–Crippen LogP) is 3.58. The number of nitrogens with one attached hydrogen (secondary N) is 1. The average molecular weight is 517 g/mol. The molecule has 35 heavy (non-hydrogen) atoms. The molecule has 1 saturated heterocycles. The van der Waals surface area contributed by atoms with Crippen LogP contribution >= 0.6 is 0 Å². The number of esters is 1. The van der Waals surface area contributed by atoms with E-state index in [0.29, 0.717) is 31.9 Å². The van der Waals surface area contributed by atoms with Gasteiger partial charge in [-0.3, -0.25) is 14.3 Å². The number of hydrogen-bond donors (Lipinski definition) is 1. The number of piperidine rings is 1. The molecule has 1 aliphatic rings. The highest BCUT2D eigenvalue weighted by molar-refractivity contribution is 7.89. The fourth-order valence-corrected chi connectivity index (χ4v) is 5.68. The minimum absolute atomic E-state index is 0.0124. The molecule has 3 rings (SSSR count). The molecule has 192 valence electrons. The molecule has 0 radical (unpaired) electrons. The van der Waals surface area contributed by atoms with E-state index < -0.39 is 27.8 Å². The van der Waals surface area contributed by atoms with E-state index in [0.717, 1.165) is 11.1 Å². The van der Waals surface area contributed by atoms with Gasteiger partial charge in [-0.1, -0.05) is 6.42 Å². The van der Waals surface area contributed by atoms with Gasteiger partial charge in [0.2, 0.25) is 10.0 Å². The molecule has 2 heterocycles. The van der Waals surface area contributed by atoms with Gasteiger partial charge in [-0.25, -0.2) is 8.42 Å². The number of aryl methyl sites for hydroxylation is 1. The summed E-state index contributed by atoms with van der Waals surface area (Å²) in [7, 11) is -2.64.